The average Bonchev–Trinajstić information content (AvgIpc) is 2.73. The number of carbonyl (C=O) groups excluding carboxylic acids is 1. The van der Waals surface area contributed by atoms with E-state index >= 15 is 0 Å². The van der Waals surface area contributed by atoms with E-state index in [4.69, 9.17) is 0 Å². The number of aromatic nitrogens is 1. The van der Waals surface area contributed by atoms with Crippen molar-refractivity contribution in [3.05, 3.63) is 23.0 Å². The van der Waals surface area contributed by atoms with Crippen molar-refractivity contribution in [3.8, 4) is 0 Å². The van der Waals surface area contributed by atoms with Crippen LogP contribution in [0.5, 0.6) is 0 Å². The first kappa shape index (κ1) is 16.6. The van der Waals surface area contributed by atoms with Gasteiger partial charge in [-0.1, -0.05) is 0 Å². The van der Waals surface area contributed by atoms with Gasteiger partial charge in [0.1, 0.15) is 0 Å². The quantitative estimate of drug-likeness (QED) is 0.933. The zero-order valence-electron chi connectivity index (χ0n) is 14.1. The molecule has 22 heavy (non-hydrogen) atoms. The maximum Gasteiger partial charge on any atom is 0.308 e. The maximum atomic E-state index is 12.9. The number of carboxylic acid groups (broad SMARTS) is 1. The van der Waals surface area contributed by atoms with Gasteiger partial charge >= 0.3 is 5.97 Å². The Morgan fingerprint density at radius 2 is 1.95 bits per heavy atom. The average molecular weight is 306 g/mol. The number of nitrogens with zero attached hydrogens (tertiary/aromatic N) is 2. The molecule has 1 aromatic rings. The van der Waals surface area contributed by atoms with Gasteiger partial charge in [0, 0.05) is 30.0 Å². The Morgan fingerprint density at radius 1 is 1.32 bits per heavy atom. The van der Waals surface area contributed by atoms with E-state index in [1.54, 1.807) is 4.90 Å². The molecule has 1 saturated heterocycles. The largest absolute Gasteiger partial charge is 0.481 e. The van der Waals surface area contributed by atoms with E-state index in [0.29, 0.717) is 24.6 Å². The summed E-state index contributed by atoms with van der Waals surface area (Å²) in [5, 5.41) is 9.31. The number of aryl methyl sites for hydroxylation is 1. The minimum absolute atomic E-state index is 0.0431. The molecule has 2 rings (SSSR count). The molecule has 1 aliphatic heterocycles. The van der Waals surface area contributed by atoms with Gasteiger partial charge in [0.15, 0.2) is 0 Å². The van der Waals surface area contributed by atoms with E-state index in [9.17, 15) is 14.7 Å². The van der Waals surface area contributed by atoms with Crippen LogP contribution in [0.3, 0.4) is 0 Å². The molecule has 122 valence electrons. The summed E-state index contributed by atoms with van der Waals surface area (Å²) in [6, 6.07) is 1.96. The van der Waals surface area contributed by atoms with E-state index < -0.39 is 11.9 Å². The zero-order valence-corrected chi connectivity index (χ0v) is 14.1. The van der Waals surface area contributed by atoms with Crippen LogP contribution in [0.1, 0.15) is 61.4 Å². The summed E-state index contributed by atoms with van der Waals surface area (Å²) >= 11 is 0. The fourth-order valence-corrected chi connectivity index (χ4v) is 3.70. The summed E-state index contributed by atoms with van der Waals surface area (Å²) in [4.78, 5) is 26.0. The van der Waals surface area contributed by atoms with Gasteiger partial charge in [0.2, 0.25) is 0 Å². The molecule has 5 heteroatoms. The number of piperidine rings is 1. The zero-order chi connectivity index (χ0) is 16.6. The van der Waals surface area contributed by atoms with Gasteiger partial charge in [-0.25, -0.2) is 0 Å². The summed E-state index contributed by atoms with van der Waals surface area (Å²) in [6.45, 7) is 10.6. The lowest BCUT2D eigenvalue weighted by Gasteiger charge is -2.37. The molecule has 2 atom stereocenters. The Balaban J connectivity index is 2.32. The highest BCUT2D eigenvalue weighted by molar-refractivity contribution is 5.96. The highest BCUT2D eigenvalue weighted by atomic mass is 16.4. The Morgan fingerprint density at radius 3 is 2.45 bits per heavy atom. The summed E-state index contributed by atoms with van der Waals surface area (Å²) in [5.74, 6) is -1.32. The minimum atomic E-state index is -0.808. The molecule has 0 aromatic carbocycles. The van der Waals surface area contributed by atoms with E-state index in [0.717, 1.165) is 17.8 Å². The van der Waals surface area contributed by atoms with Crippen molar-refractivity contribution in [2.45, 2.75) is 59.5 Å². The third kappa shape index (κ3) is 2.76. The molecule has 1 fully saturated rings. The van der Waals surface area contributed by atoms with Gasteiger partial charge in [-0.3, -0.25) is 9.59 Å². The van der Waals surface area contributed by atoms with E-state index in [1.165, 1.54) is 0 Å². The molecule has 1 amide bonds. The fourth-order valence-electron chi connectivity index (χ4n) is 3.70. The van der Waals surface area contributed by atoms with Crippen LogP contribution in [0.2, 0.25) is 0 Å². The smallest absolute Gasteiger partial charge is 0.308 e. The molecule has 5 nitrogen and oxygen atoms in total. The van der Waals surface area contributed by atoms with Crippen LogP contribution in [-0.2, 0) is 4.79 Å². The number of aliphatic carboxylic acids is 1. The second-order valence-electron chi connectivity index (χ2n) is 6.57. The van der Waals surface area contributed by atoms with Crippen LogP contribution in [0, 0.1) is 19.8 Å². The molecular formula is C17H26N2O3. The molecule has 0 radical (unpaired) electrons. The third-order valence-corrected chi connectivity index (χ3v) is 4.80. The lowest BCUT2D eigenvalue weighted by molar-refractivity contribution is -0.144. The molecule has 0 aliphatic carbocycles. The first-order chi connectivity index (χ1) is 10.3. The van der Waals surface area contributed by atoms with Gasteiger partial charge < -0.3 is 14.6 Å². The summed E-state index contributed by atoms with van der Waals surface area (Å²) in [6.07, 6.45) is 1.39. The lowest BCUT2D eigenvalue weighted by atomic mass is 9.90. The maximum absolute atomic E-state index is 12.9. The highest BCUT2D eigenvalue weighted by Crippen LogP contribution is 2.28. The Bertz CT molecular complexity index is 589. The number of carboxylic acids is 1. The topological polar surface area (TPSA) is 62.5 Å². The Kier molecular flexibility index (Phi) is 4.63. The first-order valence-corrected chi connectivity index (χ1v) is 7.97. The lowest BCUT2D eigenvalue weighted by Crippen LogP contribution is -2.49. The molecular weight excluding hydrogens is 280 g/mol. The van der Waals surface area contributed by atoms with E-state index in [-0.39, 0.29) is 11.9 Å². The van der Waals surface area contributed by atoms with Crippen LogP contribution in [0.4, 0.5) is 0 Å². The Hall–Kier alpha value is -1.78. The molecule has 0 spiro atoms. The number of carbonyl (C=O) groups is 2. The predicted octanol–water partition coefficient (Wildman–Crippen LogP) is 3.01. The summed E-state index contributed by atoms with van der Waals surface area (Å²) in [7, 11) is 0. The van der Waals surface area contributed by atoms with Gasteiger partial charge in [0.05, 0.1) is 11.5 Å². The standard InChI is InChI=1S/C17H26N2O3/c1-10(2)19-11(3)9-15(13(19)5)16(20)18-8-6-7-14(12(18)4)17(21)22/h9-10,12,14H,6-8H2,1-5H3,(H,21,22)/t12-,14-/m0/s1. The Labute approximate surface area is 131 Å². The highest BCUT2D eigenvalue weighted by Gasteiger charge is 2.36. The van der Waals surface area contributed by atoms with E-state index in [2.05, 4.69) is 18.4 Å². The SMILES string of the molecule is Cc1cc(C(=O)N2CCC[C@H](C(=O)O)[C@@H]2C)c(C)n1C(C)C. The van der Waals surface area contributed by atoms with Crippen molar-refractivity contribution in [2.24, 2.45) is 5.92 Å². The van der Waals surface area contributed by atoms with E-state index in [1.807, 2.05) is 26.8 Å². The molecule has 1 N–H and O–H groups in total. The normalized spacial score (nSPS) is 22.2. The van der Waals surface area contributed by atoms with Gasteiger partial charge in [-0.15, -0.1) is 0 Å². The fraction of sp³-hybridized carbons (Fsp3) is 0.647. The molecule has 0 saturated carbocycles. The van der Waals surface area contributed by atoms with Crippen LogP contribution in [-0.4, -0.2) is 39.0 Å². The van der Waals surface area contributed by atoms with Crippen molar-refractivity contribution in [3.63, 3.8) is 0 Å². The van der Waals surface area contributed by atoms with Crippen molar-refractivity contribution < 1.29 is 14.7 Å². The minimum Gasteiger partial charge on any atom is -0.481 e. The molecule has 0 bridgehead atoms. The first-order valence-electron chi connectivity index (χ1n) is 7.97. The van der Waals surface area contributed by atoms with Gasteiger partial charge in [0.25, 0.3) is 5.91 Å². The predicted molar refractivity (Wildman–Crippen MR) is 85.1 cm³/mol. The second kappa shape index (κ2) is 6.15. The van der Waals surface area contributed by atoms with Crippen LogP contribution in [0.25, 0.3) is 0 Å². The van der Waals surface area contributed by atoms with Crippen LogP contribution < -0.4 is 0 Å². The summed E-state index contributed by atoms with van der Waals surface area (Å²) in [5.41, 5.74) is 2.72. The van der Waals surface area contributed by atoms with Crippen molar-refractivity contribution in [2.75, 3.05) is 6.54 Å². The third-order valence-electron chi connectivity index (χ3n) is 4.80. The van der Waals surface area contributed by atoms with Crippen LogP contribution >= 0.6 is 0 Å². The van der Waals surface area contributed by atoms with Crippen molar-refractivity contribution in [1.29, 1.82) is 0 Å². The molecule has 2 heterocycles. The summed E-state index contributed by atoms with van der Waals surface area (Å²) < 4.78 is 2.15. The number of hydrogen-bond acceptors (Lipinski definition) is 2. The second-order valence-corrected chi connectivity index (χ2v) is 6.57. The van der Waals surface area contributed by atoms with Gasteiger partial charge in [-0.05, 0) is 53.5 Å². The van der Waals surface area contributed by atoms with Crippen molar-refractivity contribution in [1.82, 2.24) is 9.47 Å². The molecule has 1 aliphatic rings. The number of likely N-dealkylation sites (tertiary alicyclic amines) is 1. The van der Waals surface area contributed by atoms with Crippen molar-refractivity contribution >= 4 is 11.9 Å². The van der Waals surface area contributed by atoms with Gasteiger partial charge in [-0.2, -0.15) is 0 Å². The monoisotopic (exact) mass is 306 g/mol. The number of amides is 1. The number of rotatable bonds is 3. The molecule has 1 aromatic heterocycles. The number of hydrogen-bond donors (Lipinski definition) is 1. The molecule has 0 unspecified atom stereocenters. The van der Waals surface area contributed by atoms with Crippen LogP contribution in [0.15, 0.2) is 6.07 Å².